The number of hydrogen-bond donors (Lipinski definition) is 1. The van der Waals surface area contributed by atoms with Crippen LogP contribution >= 0.6 is 0 Å². The summed E-state index contributed by atoms with van der Waals surface area (Å²) in [7, 11) is -2.85. The monoisotopic (exact) mass is 310 g/mol. The zero-order valence-corrected chi connectivity index (χ0v) is 13.0. The number of aromatic nitrogens is 2. The molecule has 6 nitrogen and oxygen atoms in total. The topological polar surface area (TPSA) is 75.2 Å². The molecule has 3 heterocycles. The third kappa shape index (κ3) is 3.91. The van der Waals surface area contributed by atoms with Crippen molar-refractivity contribution in [2.24, 2.45) is 5.92 Å². The lowest BCUT2D eigenvalue weighted by Gasteiger charge is -2.27. The number of piperidine rings is 1. The predicted octanol–water partition coefficient (Wildman–Crippen LogP) is 0.254. The fourth-order valence-corrected chi connectivity index (χ4v) is 4.15. The van der Waals surface area contributed by atoms with Gasteiger partial charge in [0.1, 0.15) is 5.82 Å². The van der Waals surface area contributed by atoms with Crippen molar-refractivity contribution in [1.29, 1.82) is 0 Å². The molecule has 2 fully saturated rings. The molecule has 1 aromatic rings. The summed E-state index contributed by atoms with van der Waals surface area (Å²) < 4.78 is 22.9. The molecule has 0 aromatic carbocycles. The van der Waals surface area contributed by atoms with E-state index in [9.17, 15) is 8.42 Å². The summed E-state index contributed by atoms with van der Waals surface area (Å²) in [6.45, 7) is 3.22. The van der Waals surface area contributed by atoms with Gasteiger partial charge in [0.15, 0.2) is 9.84 Å². The van der Waals surface area contributed by atoms with Crippen molar-refractivity contribution in [3.05, 3.63) is 18.1 Å². The normalized spacial score (nSPS) is 25.7. The molecule has 1 atom stereocenters. The van der Waals surface area contributed by atoms with Gasteiger partial charge in [-0.05, 0) is 38.3 Å². The molecule has 0 radical (unpaired) electrons. The maximum Gasteiger partial charge on any atom is 0.153 e. The average molecular weight is 310 g/mol. The van der Waals surface area contributed by atoms with Gasteiger partial charge in [-0.2, -0.15) is 0 Å². The fraction of sp³-hybridized carbons (Fsp3) is 0.714. The number of nitrogens with zero attached hydrogens (tertiary/aromatic N) is 3. The lowest BCUT2D eigenvalue weighted by molar-refractivity contribution is 0.373. The zero-order chi connectivity index (χ0) is 14.7. The maximum atomic E-state index is 11.4. The van der Waals surface area contributed by atoms with Gasteiger partial charge in [-0.3, -0.25) is 4.98 Å². The van der Waals surface area contributed by atoms with Crippen LogP contribution < -0.4 is 10.2 Å². The molecule has 116 valence electrons. The third-order valence-corrected chi connectivity index (χ3v) is 5.87. The van der Waals surface area contributed by atoms with E-state index in [0.29, 0.717) is 19.0 Å². The van der Waals surface area contributed by atoms with E-state index in [1.807, 2.05) is 11.1 Å². The Morgan fingerprint density at radius 3 is 2.67 bits per heavy atom. The lowest BCUT2D eigenvalue weighted by atomic mass is 9.95. The largest absolute Gasteiger partial charge is 0.353 e. The first-order chi connectivity index (χ1) is 10.1. The fourth-order valence-electron chi connectivity index (χ4n) is 2.95. The highest BCUT2D eigenvalue weighted by molar-refractivity contribution is 7.91. The van der Waals surface area contributed by atoms with Crippen LogP contribution in [0.15, 0.2) is 12.4 Å². The van der Waals surface area contributed by atoms with Gasteiger partial charge in [0.25, 0.3) is 0 Å². The Morgan fingerprint density at radius 2 is 2.05 bits per heavy atom. The van der Waals surface area contributed by atoms with Crippen molar-refractivity contribution in [2.45, 2.75) is 19.3 Å². The minimum absolute atomic E-state index is 0.212. The Hall–Kier alpha value is -1.21. The van der Waals surface area contributed by atoms with Crippen LogP contribution in [0.3, 0.4) is 0 Å². The minimum atomic E-state index is -2.85. The second kappa shape index (κ2) is 6.27. The van der Waals surface area contributed by atoms with Crippen molar-refractivity contribution in [3.8, 4) is 0 Å². The molecule has 0 spiro atoms. The molecule has 2 aliphatic heterocycles. The van der Waals surface area contributed by atoms with Gasteiger partial charge in [-0.1, -0.05) is 0 Å². The number of nitrogens with one attached hydrogen (secondary N) is 1. The summed E-state index contributed by atoms with van der Waals surface area (Å²) in [4.78, 5) is 11.0. The van der Waals surface area contributed by atoms with E-state index >= 15 is 0 Å². The summed E-state index contributed by atoms with van der Waals surface area (Å²) in [5, 5.41) is 3.41. The van der Waals surface area contributed by atoms with E-state index in [1.54, 1.807) is 6.20 Å². The van der Waals surface area contributed by atoms with E-state index < -0.39 is 9.84 Å². The van der Waals surface area contributed by atoms with Gasteiger partial charge in [0, 0.05) is 13.1 Å². The molecule has 2 saturated heterocycles. The summed E-state index contributed by atoms with van der Waals surface area (Å²) in [5.74, 6) is 1.86. The van der Waals surface area contributed by atoms with Gasteiger partial charge < -0.3 is 10.2 Å². The van der Waals surface area contributed by atoms with E-state index in [1.165, 1.54) is 12.8 Å². The molecule has 0 unspecified atom stereocenters. The molecule has 21 heavy (non-hydrogen) atoms. The molecule has 0 amide bonds. The smallest absolute Gasteiger partial charge is 0.153 e. The first kappa shape index (κ1) is 14.7. The van der Waals surface area contributed by atoms with Crippen LogP contribution in [0.5, 0.6) is 0 Å². The summed E-state index contributed by atoms with van der Waals surface area (Å²) in [6.07, 6.45) is 7.07. The Bertz CT molecular complexity index is 553. The number of anilines is 1. The number of rotatable bonds is 3. The maximum absolute atomic E-state index is 11.4. The zero-order valence-electron chi connectivity index (χ0n) is 12.2. The molecule has 0 aliphatic carbocycles. The first-order valence-electron chi connectivity index (χ1n) is 7.59. The third-order valence-electron chi connectivity index (χ3n) is 4.26. The van der Waals surface area contributed by atoms with Crippen molar-refractivity contribution in [1.82, 2.24) is 15.3 Å². The number of sulfone groups is 1. The molecule has 0 bridgehead atoms. The highest BCUT2D eigenvalue weighted by Gasteiger charge is 2.22. The van der Waals surface area contributed by atoms with Crippen LogP contribution in [0.1, 0.15) is 18.5 Å². The van der Waals surface area contributed by atoms with Gasteiger partial charge in [0.05, 0.1) is 29.6 Å². The van der Waals surface area contributed by atoms with Crippen LogP contribution in [0.2, 0.25) is 0 Å². The van der Waals surface area contributed by atoms with Crippen LogP contribution in [0.4, 0.5) is 5.82 Å². The minimum Gasteiger partial charge on any atom is -0.353 e. The van der Waals surface area contributed by atoms with Crippen LogP contribution in [-0.2, 0) is 16.3 Å². The highest BCUT2D eigenvalue weighted by atomic mass is 32.2. The second-order valence-electron chi connectivity index (χ2n) is 5.92. The van der Waals surface area contributed by atoms with Crippen molar-refractivity contribution in [2.75, 3.05) is 42.6 Å². The van der Waals surface area contributed by atoms with Crippen molar-refractivity contribution < 1.29 is 8.42 Å². The molecule has 1 N–H and O–H groups in total. The van der Waals surface area contributed by atoms with Gasteiger partial charge in [0.2, 0.25) is 0 Å². The number of hydrogen-bond acceptors (Lipinski definition) is 6. The Balaban J connectivity index is 1.59. The standard InChI is InChI=1S/C14H22N4O2S/c19-21(20)6-4-18(5-7-21)14-11-16-13(10-17-14)8-12-2-1-3-15-9-12/h10-12,15H,1-9H2/t12-/m1/s1. The Morgan fingerprint density at radius 1 is 1.24 bits per heavy atom. The quantitative estimate of drug-likeness (QED) is 0.863. The van der Waals surface area contributed by atoms with E-state index in [4.69, 9.17) is 0 Å². The molecule has 0 saturated carbocycles. The van der Waals surface area contributed by atoms with E-state index in [0.717, 1.165) is 31.0 Å². The molecular formula is C14H22N4O2S. The van der Waals surface area contributed by atoms with Gasteiger partial charge >= 0.3 is 0 Å². The van der Waals surface area contributed by atoms with Crippen LogP contribution in [0, 0.1) is 5.92 Å². The average Bonchev–Trinajstić information content (AvgIpc) is 2.49. The first-order valence-corrected chi connectivity index (χ1v) is 9.41. The summed E-state index contributed by atoms with van der Waals surface area (Å²) in [6, 6.07) is 0. The molecule has 3 rings (SSSR count). The molecular weight excluding hydrogens is 288 g/mol. The molecule has 1 aromatic heterocycles. The second-order valence-corrected chi connectivity index (χ2v) is 8.22. The van der Waals surface area contributed by atoms with E-state index in [2.05, 4.69) is 15.3 Å². The van der Waals surface area contributed by atoms with Gasteiger partial charge in [-0.25, -0.2) is 13.4 Å². The van der Waals surface area contributed by atoms with Gasteiger partial charge in [-0.15, -0.1) is 0 Å². The van der Waals surface area contributed by atoms with Crippen LogP contribution in [-0.4, -0.2) is 56.1 Å². The molecule has 7 heteroatoms. The SMILES string of the molecule is O=S1(=O)CCN(c2cnc(C[C@H]3CCCNC3)cn2)CC1. The highest BCUT2D eigenvalue weighted by Crippen LogP contribution is 2.17. The lowest BCUT2D eigenvalue weighted by Crippen LogP contribution is -2.40. The van der Waals surface area contributed by atoms with E-state index in [-0.39, 0.29) is 11.5 Å². The summed E-state index contributed by atoms with van der Waals surface area (Å²) in [5.41, 5.74) is 1.03. The Kier molecular flexibility index (Phi) is 4.40. The predicted molar refractivity (Wildman–Crippen MR) is 82.2 cm³/mol. The van der Waals surface area contributed by atoms with Crippen LogP contribution in [0.25, 0.3) is 0 Å². The Labute approximate surface area is 125 Å². The van der Waals surface area contributed by atoms with Crippen molar-refractivity contribution in [3.63, 3.8) is 0 Å². The van der Waals surface area contributed by atoms with Crippen molar-refractivity contribution >= 4 is 15.7 Å². The molecule has 2 aliphatic rings. The summed E-state index contributed by atoms with van der Waals surface area (Å²) >= 11 is 0.